The first-order valence-electron chi connectivity index (χ1n) is 17.3. The highest BCUT2D eigenvalue weighted by Gasteiger charge is 2.46. The van der Waals surface area contributed by atoms with Crippen LogP contribution in [0.3, 0.4) is 0 Å². The maximum Gasteiger partial charge on any atom is 0.266 e. The van der Waals surface area contributed by atoms with E-state index in [1.165, 1.54) is 12.1 Å². The summed E-state index contributed by atoms with van der Waals surface area (Å²) in [4.78, 5) is 63.7. The summed E-state index contributed by atoms with van der Waals surface area (Å²) < 4.78 is 35.0. The molecule has 4 amide bonds. The van der Waals surface area contributed by atoms with Gasteiger partial charge in [0, 0.05) is 36.3 Å². The van der Waals surface area contributed by atoms with Crippen LogP contribution in [0.1, 0.15) is 40.5 Å². The highest BCUT2D eigenvalue weighted by molar-refractivity contribution is 14.1. The van der Waals surface area contributed by atoms with Gasteiger partial charge < -0.3 is 33.4 Å². The van der Waals surface area contributed by atoms with Gasteiger partial charge in [0.2, 0.25) is 11.8 Å². The Labute approximate surface area is 328 Å². The smallest absolute Gasteiger partial charge is 0.266 e. The molecular formula is C38H37ClIN3O11. The number of imide groups is 2. The lowest BCUT2D eigenvalue weighted by Gasteiger charge is -2.27. The molecule has 16 heteroatoms. The Balaban J connectivity index is 0.848. The molecule has 1 saturated heterocycles. The Hall–Kier alpha value is -4.55. The van der Waals surface area contributed by atoms with Gasteiger partial charge >= 0.3 is 0 Å². The van der Waals surface area contributed by atoms with Crippen molar-refractivity contribution in [1.29, 1.82) is 0 Å². The van der Waals surface area contributed by atoms with Crippen molar-refractivity contribution in [2.24, 2.45) is 0 Å². The van der Waals surface area contributed by atoms with Gasteiger partial charge in [-0.3, -0.25) is 34.2 Å². The third-order valence-electron chi connectivity index (χ3n) is 8.55. The van der Waals surface area contributed by atoms with Crippen molar-refractivity contribution in [3.05, 3.63) is 84.5 Å². The molecule has 3 aromatic carbocycles. The van der Waals surface area contributed by atoms with Crippen LogP contribution < -0.4 is 25.5 Å². The third kappa shape index (κ3) is 9.03. The maximum absolute atomic E-state index is 13.2. The van der Waals surface area contributed by atoms with Gasteiger partial charge in [-0.15, -0.1) is 0 Å². The minimum atomic E-state index is -1.05. The van der Waals surface area contributed by atoms with Crippen LogP contribution in [-0.4, -0.2) is 94.0 Å². The molecule has 2 N–H and O–H groups in total. The van der Waals surface area contributed by atoms with Gasteiger partial charge in [0.15, 0.2) is 5.43 Å². The molecule has 1 aromatic heterocycles. The molecular weight excluding hydrogens is 837 g/mol. The average Bonchev–Trinajstić information content (AvgIpc) is 3.40. The molecule has 1 unspecified atom stereocenters. The van der Waals surface area contributed by atoms with Crippen LogP contribution in [-0.2, 0) is 23.8 Å². The minimum absolute atomic E-state index is 0.0430. The molecule has 1 atom stereocenters. The van der Waals surface area contributed by atoms with E-state index in [1.54, 1.807) is 36.4 Å². The molecule has 284 valence electrons. The van der Waals surface area contributed by atoms with Crippen LogP contribution in [0.25, 0.3) is 22.3 Å². The fraction of sp³-hybridized carbons (Fsp3) is 0.342. The normalized spacial score (nSPS) is 15.5. The first kappa shape index (κ1) is 39.2. The topological polar surface area (TPSA) is 172 Å². The van der Waals surface area contributed by atoms with Crippen molar-refractivity contribution >= 4 is 74.5 Å². The maximum atomic E-state index is 13.2. The van der Waals surface area contributed by atoms with E-state index in [2.05, 4.69) is 33.2 Å². The second-order valence-electron chi connectivity index (χ2n) is 12.1. The van der Waals surface area contributed by atoms with E-state index in [0.29, 0.717) is 79.3 Å². The van der Waals surface area contributed by atoms with Crippen molar-refractivity contribution in [2.75, 3.05) is 64.7 Å². The Morgan fingerprint density at radius 1 is 0.852 bits per heavy atom. The Kier molecular flexibility index (Phi) is 13.2. The van der Waals surface area contributed by atoms with Crippen molar-refractivity contribution in [1.82, 2.24) is 10.2 Å². The molecule has 0 spiro atoms. The van der Waals surface area contributed by atoms with Gasteiger partial charge in [-0.1, -0.05) is 17.7 Å². The highest BCUT2D eigenvalue weighted by Crippen LogP contribution is 2.35. The second-order valence-corrected chi connectivity index (χ2v) is 13.7. The van der Waals surface area contributed by atoms with E-state index in [0.717, 1.165) is 14.2 Å². The number of hydrogen-bond acceptors (Lipinski definition) is 12. The van der Waals surface area contributed by atoms with Gasteiger partial charge in [-0.05, 0) is 72.3 Å². The molecule has 0 saturated carbocycles. The minimum Gasteiger partial charge on any atom is -0.493 e. The molecule has 2 aliphatic heterocycles. The Bertz CT molecular complexity index is 2120. The van der Waals surface area contributed by atoms with Crippen LogP contribution in [0.2, 0.25) is 5.02 Å². The number of amides is 4. The van der Waals surface area contributed by atoms with Crippen molar-refractivity contribution in [3.63, 3.8) is 0 Å². The Morgan fingerprint density at radius 3 is 2.31 bits per heavy atom. The lowest BCUT2D eigenvalue weighted by Crippen LogP contribution is -2.54. The zero-order chi connectivity index (χ0) is 38.2. The number of fused-ring (bicyclic) bond motifs is 2. The van der Waals surface area contributed by atoms with Crippen LogP contribution in [0.5, 0.6) is 11.5 Å². The number of anilines is 1. The molecule has 4 aromatic rings. The highest BCUT2D eigenvalue weighted by atomic mass is 127. The summed E-state index contributed by atoms with van der Waals surface area (Å²) >= 11 is 8.72. The quantitative estimate of drug-likeness (QED) is 0.0775. The van der Waals surface area contributed by atoms with Crippen LogP contribution >= 0.6 is 34.2 Å². The predicted molar refractivity (Wildman–Crippen MR) is 206 cm³/mol. The van der Waals surface area contributed by atoms with E-state index in [9.17, 15) is 24.0 Å². The summed E-state index contributed by atoms with van der Waals surface area (Å²) in [5.74, 6) is -1.10. The fourth-order valence-corrected chi connectivity index (χ4v) is 6.90. The van der Waals surface area contributed by atoms with E-state index < -0.39 is 29.7 Å². The summed E-state index contributed by atoms with van der Waals surface area (Å²) in [6.07, 6.45) is 0.119. The SMILES string of the molecule is CCOc1cc2oc(-c3ccc(NCCOCCOCCOCCOc4cccc5c4C(=O)N(C4CCC(=O)NC4=O)C5=O)cc3Cl)cc(=O)c2cc1I. The molecule has 0 radical (unpaired) electrons. The average molecular weight is 874 g/mol. The number of benzene rings is 3. The number of piperidine rings is 1. The standard InChI is InChI=1S/C38H37ClIN3O11/c1-2-52-33-21-32-25(19-27(33)40)29(44)20-31(54-32)23-7-6-22(18-26(23)39)41-10-11-49-12-13-50-14-15-51-16-17-53-30-5-3-4-24-35(30)38(48)43(37(24)47)28-8-9-34(45)42-36(28)46/h3-7,18-21,28,41H,2,8-17H2,1H3,(H,42,45,46). The first-order chi connectivity index (χ1) is 26.2. The van der Waals surface area contributed by atoms with Gasteiger partial charge in [-0.25, -0.2) is 0 Å². The van der Waals surface area contributed by atoms with Gasteiger partial charge in [-0.2, -0.15) is 0 Å². The largest absolute Gasteiger partial charge is 0.493 e. The monoisotopic (exact) mass is 873 g/mol. The number of ether oxygens (including phenoxy) is 5. The van der Waals surface area contributed by atoms with Crippen molar-refractivity contribution < 1.29 is 47.3 Å². The van der Waals surface area contributed by atoms with E-state index >= 15 is 0 Å². The fourth-order valence-electron chi connectivity index (χ4n) is 6.00. The summed E-state index contributed by atoms with van der Waals surface area (Å²) in [5.41, 5.74) is 1.87. The first-order valence-corrected chi connectivity index (χ1v) is 18.8. The molecule has 0 bridgehead atoms. The molecule has 14 nitrogen and oxygen atoms in total. The number of carbonyl (C=O) groups is 4. The van der Waals surface area contributed by atoms with E-state index in [4.69, 9.17) is 39.7 Å². The number of carbonyl (C=O) groups excluding carboxylic acids is 4. The third-order valence-corrected chi connectivity index (χ3v) is 9.71. The molecule has 0 aliphatic carbocycles. The van der Waals surface area contributed by atoms with Crippen molar-refractivity contribution in [3.8, 4) is 22.8 Å². The number of hydrogen-bond donors (Lipinski definition) is 2. The molecule has 6 rings (SSSR count). The van der Waals surface area contributed by atoms with Crippen molar-refractivity contribution in [2.45, 2.75) is 25.8 Å². The van der Waals surface area contributed by atoms with Crippen LogP contribution in [0, 0.1) is 3.57 Å². The number of nitrogens with one attached hydrogen (secondary N) is 2. The van der Waals surface area contributed by atoms with E-state index in [1.807, 2.05) is 13.0 Å². The molecule has 3 heterocycles. The van der Waals surface area contributed by atoms with E-state index in [-0.39, 0.29) is 48.4 Å². The summed E-state index contributed by atoms with van der Waals surface area (Å²) in [7, 11) is 0. The number of halogens is 2. The zero-order valence-electron chi connectivity index (χ0n) is 29.2. The molecule has 2 aliphatic rings. The molecule has 1 fully saturated rings. The molecule has 54 heavy (non-hydrogen) atoms. The van der Waals surface area contributed by atoms with Gasteiger partial charge in [0.05, 0.1) is 71.4 Å². The van der Waals surface area contributed by atoms with Crippen LogP contribution in [0.4, 0.5) is 5.69 Å². The van der Waals surface area contributed by atoms with Crippen LogP contribution in [0.15, 0.2) is 63.8 Å². The van der Waals surface area contributed by atoms with Gasteiger partial charge in [0.1, 0.15) is 35.5 Å². The lowest BCUT2D eigenvalue weighted by atomic mass is 10.0. The summed E-state index contributed by atoms with van der Waals surface area (Å²) in [6, 6.07) is 14.0. The predicted octanol–water partition coefficient (Wildman–Crippen LogP) is 5.06. The summed E-state index contributed by atoms with van der Waals surface area (Å²) in [5, 5.41) is 6.34. The Morgan fingerprint density at radius 2 is 1.59 bits per heavy atom. The summed E-state index contributed by atoms with van der Waals surface area (Å²) in [6.45, 7) is 5.09. The van der Waals surface area contributed by atoms with Gasteiger partial charge in [0.25, 0.3) is 11.8 Å². The number of nitrogens with zero attached hydrogens (tertiary/aromatic N) is 1. The second kappa shape index (κ2) is 18.2. The zero-order valence-corrected chi connectivity index (χ0v) is 32.2. The number of rotatable bonds is 18. The lowest BCUT2D eigenvalue weighted by molar-refractivity contribution is -0.136.